The van der Waals surface area contributed by atoms with Crippen LogP contribution in [0.15, 0.2) is 30.3 Å². The number of anilines is 2. The summed E-state index contributed by atoms with van der Waals surface area (Å²) in [6.07, 6.45) is 0. The Morgan fingerprint density at radius 3 is 2.09 bits per heavy atom. The van der Waals surface area contributed by atoms with Gasteiger partial charge in [0.2, 0.25) is 5.75 Å². The zero-order valence-corrected chi connectivity index (χ0v) is 20.8. The fourth-order valence-corrected chi connectivity index (χ4v) is 3.79. The number of nitrogens with one attached hydrogen (secondary N) is 1. The summed E-state index contributed by atoms with van der Waals surface area (Å²) >= 11 is 0. The molecule has 0 aromatic heterocycles. The van der Waals surface area contributed by atoms with Gasteiger partial charge in [-0.25, -0.2) is 4.79 Å². The molecule has 0 unspecified atom stereocenters. The van der Waals surface area contributed by atoms with Crippen LogP contribution in [0.2, 0.25) is 0 Å². The van der Waals surface area contributed by atoms with Crippen molar-refractivity contribution in [2.45, 2.75) is 27.7 Å². The predicted molar refractivity (Wildman–Crippen MR) is 133 cm³/mol. The Kier molecular flexibility index (Phi) is 9.60. The molecule has 2 aromatic rings. The van der Waals surface area contributed by atoms with Gasteiger partial charge in [0, 0.05) is 24.3 Å². The fraction of sp³-hybridized carbons (Fsp3) is 0.462. The van der Waals surface area contributed by atoms with E-state index >= 15 is 0 Å². The summed E-state index contributed by atoms with van der Waals surface area (Å²) in [6.45, 7) is 11.4. The van der Waals surface area contributed by atoms with E-state index in [9.17, 15) is 9.59 Å². The van der Waals surface area contributed by atoms with E-state index in [2.05, 4.69) is 10.2 Å². The maximum absolute atomic E-state index is 13.2. The van der Waals surface area contributed by atoms with E-state index in [1.807, 2.05) is 26.8 Å². The monoisotopic (exact) mass is 486 g/mol. The van der Waals surface area contributed by atoms with Crippen LogP contribution in [0.5, 0.6) is 17.2 Å². The fourth-order valence-electron chi connectivity index (χ4n) is 3.79. The Bertz CT molecular complexity index is 992. The molecule has 0 radical (unpaired) electrons. The van der Waals surface area contributed by atoms with Crippen LogP contribution in [0.1, 0.15) is 48.4 Å². The lowest BCUT2D eigenvalue weighted by molar-refractivity contribution is 0.0526. The van der Waals surface area contributed by atoms with Crippen LogP contribution in [0.3, 0.4) is 0 Å². The SMILES string of the molecule is CCOC(=O)c1cc(NC(=O)c2cc(OCC)c(OCC)c(OCC)c2)ccc1N1CCOCC1. The summed E-state index contributed by atoms with van der Waals surface area (Å²) < 4.78 is 27.8. The number of hydrogen-bond acceptors (Lipinski definition) is 8. The second kappa shape index (κ2) is 12.9. The number of carbonyl (C=O) groups is 2. The van der Waals surface area contributed by atoms with E-state index in [1.165, 1.54) is 0 Å². The van der Waals surface area contributed by atoms with Crippen LogP contribution >= 0.6 is 0 Å². The number of amides is 1. The Morgan fingerprint density at radius 1 is 0.886 bits per heavy atom. The topological polar surface area (TPSA) is 95.6 Å². The van der Waals surface area contributed by atoms with Crippen molar-refractivity contribution in [3.8, 4) is 17.2 Å². The predicted octanol–water partition coefficient (Wildman–Crippen LogP) is 4.15. The van der Waals surface area contributed by atoms with Crippen molar-refractivity contribution < 1.29 is 33.3 Å². The van der Waals surface area contributed by atoms with Crippen molar-refractivity contribution in [2.75, 3.05) is 62.9 Å². The minimum atomic E-state index is -0.441. The van der Waals surface area contributed by atoms with Gasteiger partial charge in [0.05, 0.1) is 50.9 Å². The van der Waals surface area contributed by atoms with Gasteiger partial charge in [-0.1, -0.05) is 0 Å². The number of ether oxygens (including phenoxy) is 5. The second-order valence-electron chi connectivity index (χ2n) is 7.61. The summed E-state index contributed by atoms with van der Waals surface area (Å²) in [5, 5.41) is 2.87. The van der Waals surface area contributed by atoms with Crippen LogP contribution < -0.4 is 24.4 Å². The molecule has 0 atom stereocenters. The van der Waals surface area contributed by atoms with Gasteiger partial charge < -0.3 is 33.9 Å². The zero-order valence-electron chi connectivity index (χ0n) is 20.8. The highest BCUT2D eigenvalue weighted by atomic mass is 16.5. The van der Waals surface area contributed by atoms with Crippen molar-refractivity contribution in [1.29, 1.82) is 0 Å². The van der Waals surface area contributed by atoms with Gasteiger partial charge in [-0.3, -0.25) is 4.79 Å². The summed E-state index contributed by atoms with van der Waals surface area (Å²) in [5.41, 5.74) is 1.96. The molecular weight excluding hydrogens is 452 g/mol. The molecule has 1 N–H and O–H groups in total. The minimum Gasteiger partial charge on any atom is -0.490 e. The number of hydrogen-bond donors (Lipinski definition) is 1. The van der Waals surface area contributed by atoms with Gasteiger partial charge in [-0.15, -0.1) is 0 Å². The van der Waals surface area contributed by atoms with Crippen LogP contribution in [0.25, 0.3) is 0 Å². The molecule has 0 bridgehead atoms. The standard InChI is InChI=1S/C26H34N2O7/c1-5-32-22-15-18(16-23(33-6-2)24(22)34-7-3)25(29)27-19-9-10-21(28-11-13-31-14-12-28)20(17-19)26(30)35-8-4/h9-10,15-17H,5-8,11-14H2,1-4H3,(H,27,29). The van der Waals surface area contributed by atoms with E-state index in [0.717, 1.165) is 5.69 Å². The molecule has 1 amide bonds. The van der Waals surface area contributed by atoms with E-state index in [4.69, 9.17) is 23.7 Å². The Labute approximate surface area is 206 Å². The van der Waals surface area contributed by atoms with Crippen molar-refractivity contribution in [1.82, 2.24) is 0 Å². The normalized spacial score (nSPS) is 13.2. The molecule has 2 aromatic carbocycles. The number of morpholine rings is 1. The Balaban J connectivity index is 1.92. The molecule has 1 heterocycles. The highest BCUT2D eigenvalue weighted by Crippen LogP contribution is 2.39. The molecule has 3 rings (SSSR count). The third kappa shape index (κ3) is 6.57. The molecule has 0 saturated carbocycles. The molecule has 35 heavy (non-hydrogen) atoms. The number of rotatable bonds is 11. The number of esters is 1. The van der Waals surface area contributed by atoms with E-state index in [1.54, 1.807) is 31.2 Å². The van der Waals surface area contributed by atoms with Gasteiger partial charge >= 0.3 is 5.97 Å². The summed E-state index contributed by atoms with van der Waals surface area (Å²) in [7, 11) is 0. The van der Waals surface area contributed by atoms with Crippen LogP contribution in [-0.4, -0.2) is 64.6 Å². The number of carbonyl (C=O) groups excluding carboxylic acids is 2. The van der Waals surface area contributed by atoms with Crippen molar-refractivity contribution in [2.24, 2.45) is 0 Å². The molecule has 1 saturated heterocycles. The van der Waals surface area contributed by atoms with Gasteiger partial charge in [0.15, 0.2) is 11.5 Å². The third-order valence-corrected chi connectivity index (χ3v) is 5.27. The largest absolute Gasteiger partial charge is 0.490 e. The molecule has 190 valence electrons. The van der Waals surface area contributed by atoms with Crippen LogP contribution in [-0.2, 0) is 9.47 Å². The lowest BCUT2D eigenvalue weighted by Crippen LogP contribution is -2.37. The summed E-state index contributed by atoms with van der Waals surface area (Å²) in [6, 6.07) is 8.49. The van der Waals surface area contributed by atoms with E-state index in [0.29, 0.717) is 80.2 Å². The van der Waals surface area contributed by atoms with Crippen LogP contribution in [0, 0.1) is 0 Å². The maximum Gasteiger partial charge on any atom is 0.340 e. The minimum absolute atomic E-state index is 0.255. The van der Waals surface area contributed by atoms with E-state index in [-0.39, 0.29) is 12.5 Å². The first-order valence-electron chi connectivity index (χ1n) is 12.0. The molecule has 9 nitrogen and oxygen atoms in total. The third-order valence-electron chi connectivity index (χ3n) is 5.27. The first-order valence-corrected chi connectivity index (χ1v) is 12.0. The number of nitrogens with zero attached hydrogens (tertiary/aromatic N) is 1. The van der Waals surface area contributed by atoms with Crippen molar-refractivity contribution in [3.05, 3.63) is 41.5 Å². The van der Waals surface area contributed by atoms with Crippen LogP contribution in [0.4, 0.5) is 11.4 Å². The van der Waals surface area contributed by atoms with Crippen molar-refractivity contribution in [3.63, 3.8) is 0 Å². The molecule has 0 aliphatic carbocycles. The molecule has 0 spiro atoms. The lowest BCUT2D eigenvalue weighted by Gasteiger charge is -2.30. The maximum atomic E-state index is 13.2. The molecular formula is C26H34N2O7. The van der Waals surface area contributed by atoms with Gasteiger partial charge in [-0.2, -0.15) is 0 Å². The van der Waals surface area contributed by atoms with Gasteiger partial charge in [0.1, 0.15) is 0 Å². The second-order valence-corrected chi connectivity index (χ2v) is 7.61. The Morgan fingerprint density at radius 2 is 1.51 bits per heavy atom. The van der Waals surface area contributed by atoms with E-state index < -0.39 is 5.97 Å². The van der Waals surface area contributed by atoms with Gasteiger partial charge in [0.25, 0.3) is 5.91 Å². The zero-order chi connectivity index (χ0) is 25.2. The first-order chi connectivity index (χ1) is 17.0. The average Bonchev–Trinajstić information content (AvgIpc) is 2.86. The number of benzene rings is 2. The summed E-state index contributed by atoms with van der Waals surface area (Å²) in [5.74, 6) is 0.514. The molecule has 9 heteroatoms. The molecule has 1 fully saturated rings. The Hall–Kier alpha value is -3.46. The quantitative estimate of drug-likeness (QED) is 0.474. The lowest BCUT2D eigenvalue weighted by atomic mass is 10.1. The highest BCUT2D eigenvalue weighted by Gasteiger charge is 2.22. The summed E-state index contributed by atoms with van der Waals surface area (Å²) in [4.78, 5) is 28.0. The van der Waals surface area contributed by atoms with Gasteiger partial charge in [-0.05, 0) is 58.0 Å². The van der Waals surface area contributed by atoms with Crippen molar-refractivity contribution >= 4 is 23.3 Å². The average molecular weight is 487 g/mol. The molecule has 1 aliphatic rings. The molecule has 1 aliphatic heterocycles. The smallest absolute Gasteiger partial charge is 0.340 e. The first kappa shape index (κ1) is 26.2. The highest BCUT2D eigenvalue weighted by molar-refractivity contribution is 6.06.